The quantitative estimate of drug-likeness (QED) is 0.869. The number of nitrogens with one attached hydrogen (secondary N) is 1. The van der Waals surface area contributed by atoms with Crippen LogP contribution in [0.15, 0.2) is 0 Å². The number of carbonyl (C=O) groups excluding carboxylic acids is 1. The molecule has 1 amide bonds. The molecule has 2 fully saturated rings. The second-order valence-corrected chi connectivity index (χ2v) is 6.00. The minimum absolute atomic E-state index is 0.00367. The highest BCUT2D eigenvalue weighted by Gasteiger charge is 2.42. The van der Waals surface area contributed by atoms with Crippen LogP contribution in [-0.4, -0.2) is 52.2 Å². The number of hydrogen-bond donors (Lipinski definition) is 2. The van der Waals surface area contributed by atoms with E-state index in [2.05, 4.69) is 4.98 Å². The van der Waals surface area contributed by atoms with Crippen molar-refractivity contribution in [2.45, 2.75) is 38.7 Å². The fourth-order valence-corrected chi connectivity index (χ4v) is 3.35. The Morgan fingerprint density at radius 2 is 1.86 bits per heavy atom. The van der Waals surface area contributed by atoms with Gasteiger partial charge in [0.1, 0.15) is 5.69 Å². The van der Waals surface area contributed by atoms with E-state index < -0.39 is 5.97 Å². The minimum Gasteiger partial charge on any atom is -0.478 e. The molecule has 6 nitrogen and oxygen atoms in total. The van der Waals surface area contributed by atoms with Gasteiger partial charge in [-0.3, -0.25) is 4.79 Å². The van der Waals surface area contributed by atoms with E-state index in [1.807, 2.05) is 0 Å². The van der Waals surface area contributed by atoms with Crippen molar-refractivity contribution >= 4 is 11.9 Å². The molecule has 2 saturated heterocycles. The summed E-state index contributed by atoms with van der Waals surface area (Å²) in [5, 5.41) is 9.20. The maximum absolute atomic E-state index is 12.6. The molecule has 0 unspecified atom stereocenters. The Kier molecular flexibility index (Phi) is 3.28. The zero-order chi connectivity index (χ0) is 15.2. The highest BCUT2D eigenvalue weighted by Crippen LogP contribution is 2.37. The Balaban J connectivity index is 1.77. The lowest BCUT2D eigenvalue weighted by Crippen LogP contribution is -2.53. The highest BCUT2D eigenvalue weighted by atomic mass is 16.5. The Labute approximate surface area is 123 Å². The van der Waals surface area contributed by atoms with Crippen LogP contribution in [0.3, 0.4) is 0 Å². The molecule has 114 valence electrons. The zero-order valence-corrected chi connectivity index (χ0v) is 12.4. The molecule has 6 heteroatoms. The molecule has 2 aliphatic rings. The summed E-state index contributed by atoms with van der Waals surface area (Å²) >= 11 is 0. The van der Waals surface area contributed by atoms with E-state index >= 15 is 0 Å². The third-order valence-electron chi connectivity index (χ3n) is 4.79. The number of piperidine rings is 1. The predicted octanol–water partition coefficient (Wildman–Crippen LogP) is 1.72. The third kappa shape index (κ3) is 2.23. The van der Waals surface area contributed by atoms with Gasteiger partial charge in [0, 0.05) is 18.8 Å². The van der Waals surface area contributed by atoms with Gasteiger partial charge < -0.3 is 19.7 Å². The lowest BCUT2D eigenvalue weighted by atomic mass is 9.84. The monoisotopic (exact) mass is 292 g/mol. The summed E-state index contributed by atoms with van der Waals surface area (Å²) in [5.74, 6) is -1.11. The Morgan fingerprint density at radius 3 is 2.29 bits per heavy atom. The Morgan fingerprint density at radius 1 is 1.24 bits per heavy atom. The maximum atomic E-state index is 12.6. The lowest BCUT2D eigenvalue weighted by molar-refractivity contribution is -0.169. The van der Waals surface area contributed by atoms with Crippen molar-refractivity contribution in [1.82, 2.24) is 9.88 Å². The SMILES string of the molecule is Cc1[nH]c(C(=O)N2CCC3(CCO3)CC2)c(C)c1C(=O)O. The Bertz CT molecular complexity index is 591. The van der Waals surface area contributed by atoms with E-state index in [4.69, 9.17) is 4.74 Å². The first-order valence-electron chi connectivity index (χ1n) is 7.29. The third-order valence-corrected chi connectivity index (χ3v) is 4.79. The minimum atomic E-state index is -0.999. The number of ether oxygens (including phenoxy) is 1. The largest absolute Gasteiger partial charge is 0.478 e. The van der Waals surface area contributed by atoms with Gasteiger partial charge in [-0.25, -0.2) is 4.79 Å². The molecule has 2 aliphatic heterocycles. The molecule has 0 bridgehead atoms. The molecular weight excluding hydrogens is 272 g/mol. The molecule has 0 radical (unpaired) electrons. The number of aryl methyl sites for hydroxylation is 1. The van der Waals surface area contributed by atoms with E-state index in [1.165, 1.54) is 0 Å². The first-order chi connectivity index (χ1) is 9.93. The van der Waals surface area contributed by atoms with Gasteiger partial charge in [-0.1, -0.05) is 0 Å². The van der Waals surface area contributed by atoms with Crippen molar-refractivity contribution in [1.29, 1.82) is 0 Å². The molecule has 3 rings (SSSR count). The first kappa shape index (κ1) is 14.1. The molecule has 0 aliphatic carbocycles. The molecule has 21 heavy (non-hydrogen) atoms. The fourth-order valence-electron chi connectivity index (χ4n) is 3.35. The normalized spacial score (nSPS) is 20.4. The van der Waals surface area contributed by atoms with Crippen molar-refractivity contribution in [2.24, 2.45) is 0 Å². The Hall–Kier alpha value is -1.82. The molecule has 1 aromatic heterocycles. The average molecular weight is 292 g/mol. The smallest absolute Gasteiger partial charge is 0.337 e. The van der Waals surface area contributed by atoms with Crippen LogP contribution in [0, 0.1) is 13.8 Å². The van der Waals surface area contributed by atoms with Crippen LogP contribution < -0.4 is 0 Å². The van der Waals surface area contributed by atoms with E-state index in [1.54, 1.807) is 18.7 Å². The topological polar surface area (TPSA) is 82.6 Å². The molecule has 0 aromatic carbocycles. The summed E-state index contributed by atoms with van der Waals surface area (Å²) in [4.78, 5) is 28.5. The van der Waals surface area contributed by atoms with E-state index in [9.17, 15) is 14.7 Å². The van der Waals surface area contributed by atoms with Gasteiger partial charge in [-0.05, 0) is 38.7 Å². The fraction of sp³-hybridized carbons (Fsp3) is 0.600. The molecule has 2 N–H and O–H groups in total. The van der Waals surface area contributed by atoms with Crippen molar-refractivity contribution in [3.8, 4) is 0 Å². The van der Waals surface area contributed by atoms with Gasteiger partial charge in [0.25, 0.3) is 5.91 Å². The van der Waals surface area contributed by atoms with Gasteiger partial charge in [-0.15, -0.1) is 0 Å². The first-order valence-corrected chi connectivity index (χ1v) is 7.29. The van der Waals surface area contributed by atoms with E-state index in [0.717, 1.165) is 25.9 Å². The number of aromatic amines is 1. The summed E-state index contributed by atoms with van der Waals surface area (Å²) < 4.78 is 5.65. The van der Waals surface area contributed by atoms with Gasteiger partial charge in [0.15, 0.2) is 0 Å². The molecule has 1 aromatic rings. The number of carboxylic acids is 1. The van der Waals surface area contributed by atoms with Crippen molar-refractivity contribution < 1.29 is 19.4 Å². The standard InChI is InChI=1S/C15H20N2O4/c1-9-11(14(19)20)10(2)16-12(9)13(18)17-6-3-15(4-7-17)5-8-21-15/h16H,3-8H2,1-2H3,(H,19,20). The van der Waals surface area contributed by atoms with Gasteiger partial charge in [0.2, 0.25) is 0 Å². The summed E-state index contributed by atoms with van der Waals surface area (Å²) in [7, 11) is 0. The molecule has 1 spiro atoms. The number of amides is 1. The van der Waals surface area contributed by atoms with Crippen LogP contribution >= 0.6 is 0 Å². The number of aromatic nitrogens is 1. The maximum Gasteiger partial charge on any atom is 0.337 e. The van der Waals surface area contributed by atoms with Crippen molar-refractivity contribution in [3.63, 3.8) is 0 Å². The number of nitrogens with zero attached hydrogens (tertiary/aromatic N) is 1. The van der Waals surface area contributed by atoms with Crippen LogP contribution in [-0.2, 0) is 4.74 Å². The molecule has 0 saturated carbocycles. The predicted molar refractivity (Wildman–Crippen MR) is 75.7 cm³/mol. The van der Waals surface area contributed by atoms with Crippen molar-refractivity contribution in [3.05, 3.63) is 22.5 Å². The lowest BCUT2D eigenvalue weighted by Gasteiger charge is -2.47. The number of rotatable bonds is 2. The van der Waals surface area contributed by atoms with Gasteiger partial charge in [-0.2, -0.15) is 0 Å². The number of carbonyl (C=O) groups is 2. The summed E-state index contributed by atoms with van der Waals surface area (Å²) in [5.41, 5.74) is 1.65. The number of aromatic carboxylic acids is 1. The average Bonchev–Trinajstić information content (AvgIpc) is 2.71. The number of carboxylic acid groups (broad SMARTS) is 1. The van der Waals surface area contributed by atoms with Crippen LogP contribution in [0.1, 0.15) is 51.4 Å². The number of H-pyrrole nitrogens is 1. The molecule has 0 atom stereocenters. The number of hydrogen-bond acceptors (Lipinski definition) is 3. The highest BCUT2D eigenvalue weighted by molar-refractivity contribution is 6.00. The van der Waals surface area contributed by atoms with Gasteiger partial charge >= 0.3 is 5.97 Å². The van der Waals surface area contributed by atoms with Crippen LogP contribution in [0.5, 0.6) is 0 Å². The van der Waals surface area contributed by atoms with Crippen molar-refractivity contribution in [2.75, 3.05) is 19.7 Å². The summed E-state index contributed by atoms with van der Waals surface area (Å²) in [6.07, 6.45) is 2.81. The number of likely N-dealkylation sites (tertiary alicyclic amines) is 1. The van der Waals surface area contributed by atoms with Gasteiger partial charge in [0.05, 0.1) is 17.8 Å². The van der Waals surface area contributed by atoms with E-state index in [0.29, 0.717) is 30.0 Å². The molecular formula is C15H20N2O4. The van der Waals surface area contributed by atoms with Crippen LogP contribution in [0.4, 0.5) is 0 Å². The molecule has 3 heterocycles. The van der Waals surface area contributed by atoms with Crippen LogP contribution in [0.25, 0.3) is 0 Å². The second-order valence-electron chi connectivity index (χ2n) is 6.00. The summed E-state index contributed by atoms with van der Waals surface area (Å²) in [6.45, 7) is 5.52. The van der Waals surface area contributed by atoms with Crippen LogP contribution in [0.2, 0.25) is 0 Å². The second kappa shape index (κ2) is 4.87. The van der Waals surface area contributed by atoms with E-state index in [-0.39, 0.29) is 17.1 Å². The zero-order valence-electron chi connectivity index (χ0n) is 12.4. The summed E-state index contributed by atoms with van der Waals surface area (Å²) in [6, 6.07) is 0.